The van der Waals surface area contributed by atoms with Crippen LogP contribution in [0.3, 0.4) is 0 Å². The molecule has 20 heavy (non-hydrogen) atoms. The van der Waals surface area contributed by atoms with Crippen LogP contribution < -0.4 is 10.1 Å². The number of nitrogens with zero attached hydrogens (tertiary/aromatic N) is 2. The highest BCUT2D eigenvalue weighted by atomic mass is 16.5. The Balaban J connectivity index is 2.20. The smallest absolute Gasteiger partial charge is 0.251 e. The average molecular weight is 275 g/mol. The molecule has 1 aromatic heterocycles. The second-order valence-corrected chi connectivity index (χ2v) is 4.55. The minimum absolute atomic E-state index is 0.0513. The number of rotatable bonds is 7. The molecule has 0 bridgehead atoms. The molecule has 1 unspecified atom stereocenters. The molecule has 2 rings (SSSR count). The van der Waals surface area contributed by atoms with E-state index in [2.05, 4.69) is 22.4 Å². The maximum absolute atomic E-state index is 5.75. The van der Waals surface area contributed by atoms with Gasteiger partial charge in [0.2, 0.25) is 5.89 Å². The molecule has 0 amide bonds. The van der Waals surface area contributed by atoms with Crippen molar-refractivity contribution in [1.82, 2.24) is 15.5 Å². The largest absolute Gasteiger partial charge is 0.493 e. The first kappa shape index (κ1) is 14.5. The summed E-state index contributed by atoms with van der Waals surface area (Å²) < 4.78 is 11.3. The number of hydrogen-bond donors (Lipinski definition) is 1. The van der Waals surface area contributed by atoms with Crippen LogP contribution in [0, 0.1) is 0 Å². The van der Waals surface area contributed by atoms with Crippen molar-refractivity contribution < 1.29 is 9.15 Å². The van der Waals surface area contributed by atoms with Gasteiger partial charge in [0.05, 0.1) is 18.2 Å². The van der Waals surface area contributed by atoms with E-state index < -0.39 is 0 Å². The third kappa shape index (κ3) is 3.36. The van der Waals surface area contributed by atoms with Gasteiger partial charge < -0.3 is 14.5 Å². The molecule has 0 radical (unpaired) electrons. The van der Waals surface area contributed by atoms with Gasteiger partial charge in [-0.15, -0.1) is 10.2 Å². The zero-order valence-electron chi connectivity index (χ0n) is 12.2. The van der Waals surface area contributed by atoms with Crippen molar-refractivity contribution in [3.63, 3.8) is 0 Å². The van der Waals surface area contributed by atoms with Crippen molar-refractivity contribution in [2.75, 3.05) is 13.2 Å². The van der Waals surface area contributed by atoms with E-state index in [9.17, 15) is 0 Å². The van der Waals surface area contributed by atoms with Crippen molar-refractivity contribution in [3.05, 3.63) is 30.2 Å². The molecule has 5 nitrogen and oxygen atoms in total. The molecule has 5 heteroatoms. The Morgan fingerprint density at radius 2 is 2.05 bits per heavy atom. The number of aromatic nitrogens is 2. The van der Waals surface area contributed by atoms with Gasteiger partial charge in [0.15, 0.2) is 0 Å². The molecule has 0 aliphatic carbocycles. The van der Waals surface area contributed by atoms with E-state index in [-0.39, 0.29) is 6.04 Å². The first-order valence-corrected chi connectivity index (χ1v) is 7.05. The molecular formula is C15H21N3O2. The summed E-state index contributed by atoms with van der Waals surface area (Å²) in [6.45, 7) is 7.62. The van der Waals surface area contributed by atoms with E-state index in [1.165, 1.54) is 0 Å². The van der Waals surface area contributed by atoms with Crippen LogP contribution in [0.1, 0.15) is 39.1 Å². The molecule has 0 spiro atoms. The van der Waals surface area contributed by atoms with Crippen molar-refractivity contribution in [3.8, 4) is 17.2 Å². The summed E-state index contributed by atoms with van der Waals surface area (Å²) in [7, 11) is 0. The third-order valence-corrected chi connectivity index (χ3v) is 2.93. The van der Waals surface area contributed by atoms with Gasteiger partial charge in [-0.1, -0.05) is 19.1 Å². The number of para-hydroxylation sites is 1. The van der Waals surface area contributed by atoms with Crippen molar-refractivity contribution in [2.45, 2.75) is 33.2 Å². The minimum Gasteiger partial charge on any atom is -0.493 e. The molecule has 0 aliphatic rings. The van der Waals surface area contributed by atoms with E-state index in [1.54, 1.807) is 0 Å². The highest BCUT2D eigenvalue weighted by Crippen LogP contribution is 2.29. The number of nitrogens with one attached hydrogen (secondary N) is 1. The van der Waals surface area contributed by atoms with Crippen molar-refractivity contribution in [2.24, 2.45) is 0 Å². The monoisotopic (exact) mass is 275 g/mol. The Labute approximate surface area is 119 Å². The van der Waals surface area contributed by atoms with Gasteiger partial charge in [-0.2, -0.15) is 0 Å². The zero-order valence-corrected chi connectivity index (χ0v) is 12.2. The Morgan fingerprint density at radius 1 is 1.25 bits per heavy atom. The van der Waals surface area contributed by atoms with E-state index in [0.29, 0.717) is 18.4 Å². The fraction of sp³-hybridized carbons (Fsp3) is 0.467. The lowest BCUT2D eigenvalue weighted by Crippen LogP contribution is -2.19. The van der Waals surface area contributed by atoms with Crippen molar-refractivity contribution >= 4 is 0 Å². The van der Waals surface area contributed by atoms with Gasteiger partial charge >= 0.3 is 0 Å². The SMILES string of the molecule is CCCNC(C)c1nnc(-c2ccccc2OCC)o1. The van der Waals surface area contributed by atoms with Crippen LogP contribution in [0.5, 0.6) is 5.75 Å². The van der Waals surface area contributed by atoms with Gasteiger partial charge in [-0.25, -0.2) is 0 Å². The first-order valence-electron chi connectivity index (χ1n) is 7.05. The van der Waals surface area contributed by atoms with Gasteiger partial charge in [-0.05, 0) is 38.9 Å². The molecule has 1 N–H and O–H groups in total. The van der Waals surface area contributed by atoms with Crippen LogP contribution in [0.15, 0.2) is 28.7 Å². The second-order valence-electron chi connectivity index (χ2n) is 4.55. The van der Waals surface area contributed by atoms with E-state index >= 15 is 0 Å². The highest BCUT2D eigenvalue weighted by molar-refractivity contribution is 5.62. The molecule has 1 atom stereocenters. The zero-order chi connectivity index (χ0) is 14.4. The second kappa shape index (κ2) is 7.05. The number of hydrogen-bond acceptors (Lipinski definition) is 5. The third-order valence-electron chi connectivity index (χ3n) is 2.93. The van der Waals surface area contributed by atoms with Crippen LogP contribution >= 0.6 is 0 Å². The van der Waals surface area contributed by atoms with Crippen LogP contribution in [0.25, 0.3) is 11.5 Å². The Morgan fingerprint density at radius 3 is 2.80 bits per heavy atom. The molecule has 0 fully saturated rings. The standard InChI is InChI=1S/C15H21N3O2/c1-4-10-16-11(3)14-17-18-15(20-14)12-8-6-7-9-13(12)19-5-2/h6-9,11,16H,4-5,10H2,1-3H3. The van der Waals surface area contributed by atoms with Crippen LogP contribution in [0.2, 0.25) is 0 Å². The van der Waals surface area contributed by atoms with Crippen LogP contribution in [-0.4, -0.2) is 23.3 Å². The average Bonchev–Trinajstić information content (AvgIpc) is 2.95. The van der Waals surface area contributed by atoms with Gasteiger partial charge in [-0.3, -0.25) is 0 Å². The van der Waals surface area contributed by atoms with Crippen LogP contribution in [0.4, 0.5) is 0 Å². The maximum atomic E-state index is 5.75. The number of ether oxygens (including phenoxy) is 1. The molecule has 0 aliphatic heterocycles. The van der Waals surface area contributed by atoms with Gasteiger partial charge in [0.1, 0.15) is 5.75 Å². The molecule has 2 aromatic rings. The summed E-state index contributed by atoms with van der Waals surface area (Å²) in [5, 5.41) is 11.6. The first-order chi connectivity index (χ1) is 9.76. The Hall–Kier alpha value is -1.88. The Kier molecular flexibility index (Phi) is 5.12. The predicted octanol–water partition coefficient (Wildman–Crippen LogP) is 3.20. The molecule has 108 valence electrons. The van der Waals surface area contributed by atoms with E-state index in [1.807, 2.05) is 38.1 Å². The quantitative estimate of drug-likeness (QED) is 0.840. The lowest BCUT2D eigenvalue weighted by molar-refractivity contribution is 0.340. The van der Waals surface area contributed by atoms with E-state index in [0.717, 1.165) is 24.3 Å². The molecule has 1 heterocycles. The van der Waals surface area contributed by atoms with Gasteiger partial charge in [0.25, 0.3) is 5.89 Å². The topological polar surface area (TPSA) is 60.2 Å². The highest BCUT2D eigenvalue weighted by Gasteiger charge is 2.16. The predicted molar refractivity (Wildman–Crippen MR) is 77.6 cm³/mol. The summed E-state index contributed by atoms with van der Waals surface area (Å²) in [6, 6.07) is 7.74. The summed E-state index contributed by atoms with van der Waals surface area (Å²) in [5.74, 6) is 1.85. The number of benzene rings is 1. The lowest BCUT2D eigenvalue weighted by Gasteiger charge is -2.08. The molecule has 1 aromatic carbocycles. The summed E-state index contributed by atoms with van der Waals surface area (Å²) >= 11 is 0. The Bertz CT molecular complexity index is 539. The van der Waals surface area contributed by atoms with Crippen LogP contribution in [-0.2, 0) is 0 Å². The molecule has 0 saturated heterocycles. The van der Waals surface area contributed by atoms with Crippen molar-refractivity contribution in [1.29, 1.82) is 0 Å². The van der Waals surface area contributed by atoms with E-state index in [4.69, 9.17) is 9.15 Å². The summed E-state index contributed by atoms with van der Waals surface area (Å²) in [6.07, 6.45) is 1.07. The van der Waals surface area contributed by atoms with Gasteiger partial charge in [0, 0.05) is 0 Å². The summed E-state index contributed by atoms with van der Waals surface area (Å²) in [5.41, 5.74) is 0.829. The fourth-order valence-corrected chi connectivity index (χ4v) is 1.89. The maximum Gasteiger partial charge on any atom is 0.251 e. The fourth-order valence-electron chi connectivity index (χ4n) is 1.89. The molecule has 0 saturated carbocycles. The lowest BCUT2D eigenvalue weighted by atomic mass is 10.2. The minimum atomic E-state index is 0.0513. The molecular weight excluding hydrogens is 254 g/mol. The normalized spacial score (nSPS) is 12.3. The summed E-state index contributed by atoms with van der Waals surface area (Å²) in [4.78, 5) is 0.